The Morgan fingerprint density at radius 1 is 1.16 bits per heavy atom. The third kappa shape index (κ3) is 2.21. The van der Waals surface area contributed by atoms with Crippen LogP contribution in [0.3, 0.4) is 0 Å². The lowest BCUT2D eigenvalue weighted by Crippen LogP contribution is -2.25. The highest BCUT2D eigenvalue weighted by atomic mass is 19.1. The van der Waals surface area contributed by atoms with Crippen LogP contribution in [0.15, 0.2) is 42.5 Å². The number of rotatable bonds is 2. The first kappa shape index (κ1) is 11.8. The van der Waals surface area contributed by atoms with Gasteiger partial charge in [0.1, 0.15) is 0 Å². The standard InChI is InChI=1S/C15H15FN2O/c1-19-15-8-13-12(7-11(15)16)17-9-14(18-13)10-5-3-2-4-6-10/h2-8,14,17-18H,9H2,1H3. The molecule has 0 spiro atoms. The lowest BCUT2D eigenvalue weighted by atomic mass is 10.0. The minimum absolute atomic E-state index is 0.170. The van der Waals surface area contributed by atoms with Crippen molar-refractivity contribution in [3.8, 4) is 5.75 Å². The smallest absolute Gasteiger partial charge is 0.167 e. The van der Waals surface area contributed by atoms with Crippen molar-refractivity contribution in [2.24, 2.45) is 0 Å². The van der Waals surface area contributed by atoms with E-state index in [2.05, 4.69) is 22.8 Å². The lowest BCUT2D eigenvalue weighted by molar-refractivity contribution is 0.387. The van der Waals surface area contributed by atoms with Crippen LogP contribution in [0.4, 0.5) is 15.8 Å². The fourth-order valence-electron chi connectivity index (χ4n) is 2.31. The van der Waals surface area contributed by atoms with Gasteiger partial charge in [0.2, 0.25) is 0 Å². The zero-order chi connectivity index (χ0) is 13.2. The van der Waals surface area contributed by atoms with Gasteiger partial charge in [-0.05, 0) is 5.56 Å². The summed E-state index contributed by atoms with van der Waals surface area (Å²) in [6, 6.07) is 13.5. The molecule has 98 valence electrons. The van der Waals surface area contributed by atoms with Gasteiger partial charge in [-0.1, -0.05) is 30.3 Å². The number of halogens is 1. The first-order valence-electron chi connectivity index (χ1n) is 6.21. The summed E-state index contributed by atoms with van der Waals surface area (Å²) < 4.78 is 18.6. The summed E-state index contributed by atoms with van der Waals surface area (Å²) in [7, 11) is 1.47. The number of ether oxygens (including phenoxy) is 1. The zero-order valence-electron chi connectivity index (χ0n) is 10.6. The maximum absolute atomic E-state index is 13.6. The molecular formula is C15H15FN2O. The van der Waals surface area contributed by atoms with Crippen molar-refractivity contribution in [2.75, 3.05) is 24.3 Å². The van der Waals surface area contributed by atoms with Crippen LogP contribution in [0.1, 0.15) is 11.6 Å². The van der Waals surface area contributed by atoms with E-state index in [0.717, 1.165) is 17.9 Å². The van der Waals surface area contributed by atoms with Crippen LogP contribution in [0.25, 0.3) is 0 Å². The molecule has 3 nitrogen and oxygen atoms in total. The third-order valence-corrected chi connectivity index (χ3v) is 3.32. The van der Waals surface area contributed by atoms with Gasteiger partial charge in [0.25, 0.3) is 0 Å². The number of hydrogen-bond donors (Lipinski definition) is 2. The first-order chi connectivity index (χ1) is 9.28. The van der Waals surface area contributed by atoms with Gasteiger partial charge in [0, 0.05) is 18.7 Å². The Balaban J connectivity index is 1.91. The molecule has 0 amide bonds. The summed E-state index contributed by atoms with van der Waals surface area (Å²) in [5.74, 6) is -0.101. The second-order valence-electron chi connectivity index (χ2n) is 4.52. The van der Waals surface area contributed by atoms with Crippen LogP contribution >= 0.6 is 0 Å². The molecule has 0 aromatic heterocycles. The Morgan fingerprint density at radius 3 is 2.68 bits per heavy atom. The predicted molar refractivity (Wildman–Crippen MR) is 74.2 cm³/mol. The first-order valence-corrected chi connectivity index (χ1v) is 6.21. The van der Waals surface area contributed by atoms with Crippen molar-refractivity contribution in [2.45, 2.75) is 6.04 Å². The van der Waals surface area contributed by atoms with Crippen molar-refractivity contribution < 1.29 is 9.13 Å². The highest BCUT2D eigenvalue weighted by Gasteiger charge is 2.20. The van der Waals surface area contributed by atoms with Gasteiger partial charge in [-0.3, -0.25) is 0 Å². The van der Waals surface area contributed by atoms with Gasteiger partial charge in [-0.25, -0.2) is 4.39 Å². The molecule has 0 aliphatic carbocycles. The van der Waals surface area contributed by atoms with E-state index in [4.69, 9.17) is 4.74 Å². The molecule has 1 atom stereocenters. The number of fused-ring (bicyclic) bond motifs is 1. The monoisotopic (exact) mass is 258 g/mol. The van der Waals surface area contributed by atoms with E-state index in [-0.39, 0.29) is 17.6 Å². The summed E-state index contributed by atoms with van der Waals surface area (Å²) in [5, 5.41) is 6.65. The van der Waals surface area contributed by atoms with Crippen LogP contribution in [0.5, 0.6) is 5.75 Å². The van der Waals surface area contributed by atoms with Gasteiger partial charge in [0.05, 0.1) is 24.5 Å². The molecule has 4 heteroatoms. The number of nitrogens with one attached hydrogen (secondary N) is 2. The molecule has 0 saturated heterocycles. The van der Waals surface area contributed by atoms with Crippen molar-refractivity contribution >= 4 is 11.4 Å². The fourth-order valence-corrected chi connectivity index (χ4v) is 2.31. The van der Waals surface area contributed by atoms with E-state index < -0.39 is 0 Å². The zero-order valence-corrected chi connectivity index (χ0v) is 10.6. The molecule has 0 fully saturated rings. The molecule has 2 aromatic rings. The van der Waals surface area contributed by atoms with Crippen molar-refractivity contribution in [1.29, 1.82) is 0 Å². The molecule has 1 heterocycles. The number of methoxy groups -OCH3 is 1. The molecule has 3 rings (SSSR count). The van der Waals surface area contributed by atoms with E-state index >= 15 is 0 Å². The maximum Gasteiger partial charge on any atom is 0.167 e. The highest BCUT2D eigenvalue weighted by Crippen LogP contribution is 2.35. The summed E-state index contributed by atoms with van der Waals surface area (Å²) in [5.41, 5.74) is 2.83. The average molecular weight is 258 g/mol. The molecule has 0 saturated carbocycles. The largest absolute Gasteiger partial charge is 0.494 e. The minimum Gasteiger partial charge on any atom is -0.494 e. The predicted octanol–water partition coefficient (Wildman–Crippen LogP) is 3.41. The quantitative estimate of drug-likeness (QED) is 0.866. The highest BCUT2D eigenvalue weighted by molar-refractivity contribution is 5.73. The van der Waals surface area contributed by atoms with Gasteiger partial charge < -0.3 is 15.4 Å². The second kappa shape index (κ2) is 4.80. The molecule has 0 bridgehead atoms. The topological polar surface area (TPSA) is 33.3 Å². The SMILES string of the molecule is COc1cc2c(cc1F)NCC(c1ccccc1)N2. The number of hydrogen-bond acceptors (Lipinski definition) is 3. The summed E-state index contributed by atoms with van der Waals surface area (Å²) in [6.45, 7) is 0.725. The normalized spacial score (nSPS) is 17.1. The van der Waals surface area contributed by atoms with E-state index in [1.54, 1.807) is 6.07 Å². The van der Waals surface area contributed by atoms with Crippen molar-refractivity contribution in [3.63, 3.8) is 0 Å². The Bertz CT molecular complexity index is 586. The van der Waals surface area contributed by atoms with E-state index in [9.17, 15) is 4.39 Å². The molecule has 1 aliphatic heterocycles. The third-order valence-electron chi connectivity index (χ3n) is 3.32. The summed E-state index contributed by atoms with van der Waals surface area (Å²) >= 11 is 0. The second-order valence-corrected chi connectivity index (χ2v) is 4.52. The summed E-state index contributed by atoms with van der Waals surface area (Å²) in [6.07, 6.45) is 0. The van der Waals surface area contributed by atoms with Gasteiger partial charge in [-0.15, -0.1) is 0 Å². The Kier molecular flexibility index (Phi) is 2.99. The van der Waals surface area contributed by atoms with Gasteiger partial charge in [0.15, 0.2) is 11.6 Å². The van der Waals surface area contributed by atoms with E-state index in [0.29, 0.717) is 0 Å². The van der Waals surface area contributed by atoms with Crippen LogP contribution in [0.2, 0.25) is 0 Å². The summed E-state index contributed by atoms with van der Waals surface area (Å²) in [4.78, 5) is 0. The molecule has 2 N–H and O–H groups in total. The molecule has 2 aromatic carbocycles. The van der Waals surface area contributed by atoms with E-state index in [1.807, 2.05) is 18.2 Å². The maximum atomic E-state index is 13.6. The Labute approximate surface area is 111 Å². The van der Waals surface area contributed by atoms with Crippen LogP contribution < -0.4 is 15.4 Å². The van der Waals surface area contributed by atoms with Crippen LogP contribution in [0, 0.1) is 5.82 Å². The van der Waals surface area contributed by atoms with Crippen molar-refractivity contribution in [1.82, 2.24) is 0 Å². The van der Waals surface area contributed by atoms with E-state index in [1.165, 1.54) is 18.7 Å². The Hall–Kier alpha value is -2.23. The van der Waals surface area contributed by atoms with Gasteiger partial charge in [-0.2, -0.15) is 0 Å². The molecule has 1 unspecified atom stereocenters. The molecule has 1 aliphatic rings. The number of benzene rings is 2. The molecule has 0 radical (unpaired) electrons. The van der Waals surface area contributed by atoms with Crippen LogP contribution in [-0.4, -0.2) is 13.7 Å². The Morgan fingerprint density at radius 2 is 1.95 bits per heavy atom. The number of anilines is 2. The lowest BCUT2D eigenvalue weighted by Gasteiger charge is -2.29. The van der Waals surface area contributed by atoms with Crippen molar-refractivity contribution in [3.05, 3.63) is 53.8 Å². The van der Waals surface area contributed by atoms with Crippen LogP contribution in [-0.2, 0) is 0 Å². The van der Waals surface area contributed by atoms with Gasteiger partial charge >= 0.3 is 0 Å². The fraction of sp³-hybridized carbons (Fsp3) is 0.200. The molecule has 19 heavy (non-hydrogen) atoms. The molecular weight excluding hydrogens is 243 g/mol. The minimum atomic E-state index is -0.353. The average Bonchev–Trinajstić information content (AvgIpc) is 2.47.